The van der Waals surface area contributed by atoms with E-state index in [4.69, 9.17) is 0 Å². The normalized spacial score (nSPS) is 20.0. The SMILES string of the molecule is CN(C(=O)c1cccc(S(=O)(=O)N2CCC2)c1)C1CCSCC1. The largest absolute Gasteiger partial charge is 0.339 e. The van der Waals surface area contributed by atoms with E-state index >= 15 is 0 Å². The number of amides is 1. The second-order valence-corrected chi connectivity index (χ2v) is 9.21. The maximum Gasteiger partial charge on any atom is 0.253 e. The molecule has 2 heterocycles. The van der Waals surface area contributed by atoms with E-state index in [1.165, 1.54) is 10.4 Å². The van der Waals surface area contributed by atoms with Gasteiger partial charge in [-0.05, 0) is 49.0 Å². The van der Waals surface area contributed by atoms with Crippen molar-refractivity contribution in [1.29, 1.82) is 0 Å². The van der Waals surface area contributed by atoms with Gasteiger partial charge in [-0.15, -0.1) is 0 Å². The Morgan fingerprint density at radius 1 is 1.26 bits per heavy atom. The molecule has 0 unspecified atom stereocenters. The summed E-state index contributed by atoms with van der Waals surface area (Å²) >= 11 is 1.92. The third-order valence-electron chi connectivity index (χ3n) is 4.59. The van der Waals surface area contributed by atoms with Crippen LogP contribution in [0, 0.1) is 0 Å². The first-order valence-electron chi connectivity index (χ1n) is 7.95. The quantitative estimate of drug-likeness (QED) is 0.830. The van der Waals surface area contributed by atoms with E-state index in [0.717, 1.165) is 30.8 Å². The van der Waals surface area contributed by atoms with Gasteiger partial charge in [0.2, 0.25) is 10.0 Å². The van der Waals surface area contributed by atoms with Gasteiger partial charge in [0.15, 0.2) is 0 Å². The predicted octanol–water partition coefficient (Wildman–Crippen LogP) is 2.05. The van der Waals surface area contributed by atoms with Crippen molar-refractivity contribution in [2.24, 2.45) is 0 Å². The number of sulfonamides is 1. The van der Waals surface area contributed by atoms with Gasteiger partial charge in [0.1, 0.15) is 0 Å². The number of carbonyl (C=O) groups is 1. The van der Waals surface area contributed by atoms with Crippen molar-refractivity contribution in [2.45, 2.75) is 30.2 Å². The highest BCUT2D eigenvalue weighted by Crippen LogP contribution is 2.24. The van der Waals surface area contributed by atoms with Crippen molar-refractivity contribution in [3.63, 3.8) is 0 Å². The van der Waals surface area contributed by atoms with Crippen molar-refractivity contribution < 1.29 is 13.2 Å². The fourth-order valence-corrected chi connectivity index (χ4v) is 5.55. The first kappa shape index (κ1) is 16.8. The molecule has 2 fully saturated rings. The number of nitrogens with zero attached hydrogens (tertiary/aromatic N) is 2. The molecule has 0 saturated carbocycles. The molecule has 23 heavy (non-hydrogen) atoms. The molecule has 1 amide bonds. The minimum atomic E-state index is -3.45. The van der Waals surface area contributed by atoms with Crippen LogP contribution in [0.3, 0.4) is 0 Å². The Labute approximate surface area is 142 Å². The highest BCUT2D eigenvalue weighted by molar-refractivity contribution is 7.99. The summed E-state index contributed by atoms with van der Waals surface area (Å²) in [6, 6.07) is 6.70. The highest BCUT2D eigenvalue weighted by Gasteiger charge is 2.30. The van der Waals surface area contributed by atoms with Gasteiger partial charge in [-0.25, -0.2) is 8.42 Å². The molecule has 0 bridgehead atoms. The molecule has 1 aromatic rings. The van der Waals surface area contributed by atoms with Gasteiger partial charge >= 0.3 is 0 Å². The Kier molecular flexibility index (Phi) is 4.98. The number of carbonyl (C=O) groups excluding carboxylic acids is 1. The average Bonchev–Trinajstić information content (AvgIpc) is 2.52. The fourth-order valence-electron chi connectivity index (χ4n) is 2.91. The van der Waals surface area contributed by atoms with E-state index in [9.17, 15) is 13.2 Å². The molecule has 3 rings (SSSR count). The zero-order valence-corrected chi connectivity index (χ0v) is 14.9. The average molecular weight is 354 g/mol. The van der Waals surface area contributed by atoms with Gasteiger partial charge in [-0.1, -0.05) is 6.07 Å². The van der Waals surface area contributed by atoms with Crippen LogP contribution in [-0.4, -0.2) is 61.2 Å². The molecule has 2 aliphatic rings. The maximum absolute atomic E-state index is 12.7. The Balaban J connectivity index is 1.80. The Morgan fingerprint density at radius 3 is 2.57 bits per heavy atom. The van der Waals surface area contributed by atoms with Crippen LogP contribution in [-0.2, 0) is 10.0 Å². The van der Waals surface area contributed by atoms with Gasteiger partial charge in [-0.3, -0.25) is 4.79 Å². The monoisotopic (exact) mass is 354 g/mol. The Morgan fingerprint density at radius 2 is 1.96 bits per heavy atom. The van der Waals surface area contributed by atoms with Gasteiger partial charge in [0.25, 0.3) is 5.91 Å². The number of hydrogen-bond donors (Lipinski definition) is 0. The van der Waals surface area contributed by atoms with Crippen molar-refractivity contribution in [1.82, 2.24) is 9.21 Å². The van der Waals surface area contributed by atoms with Gasteiger partial charge in [0, 0.05) is 31.7 Å². The number of hydrogen-bond acceptors (Lipinski definition) is 4. The zero-order valence-electron chi connectivity index (χ0n) is 13.3. The smallest absolute Gasteiger partial charge is 0.253 e. The maximum atomic E-state index is 12.7. The van der Waals surface area contributed by atoms with E-state index in [2.05, 4.69) is 0 Å². The minimum Gasteiger partial charge on any atom is -0.339 e. The van der Waals surface area contributed by atoms with Crippen LogP contribution < -0.4 is 0 Å². The summed E-state index contributed by atoms with van der Waals surface area (Å²) in [5.74, 6) is 2.06. The van der Waals surface area contributed by atoms with E-state index in [0.29, 0.717) is 18.7 Å². The van der Waals surface area contributed by atoms with Gasteiger partial charge in [0.05, 0.1) is 4.90 Å². The molecule has 0 atom stereocenters. The summed E-state index contributed by atoms with van der Waals surface area (Å²) in [5.41, 5.74) is 0.451. The Bertz CT molecular complexity index is 680. The highest BCUT2D eigenvalue weighted by atomic mass is 32.2. The van der Waals surface area contributed by atoms with Crippen LogP contribution in [0.4, 0.5) is 0 Å². The summed E-state index contributed by atoms with van der Waals surface area (Å²) in [5, 5.41) is 0. The second-order valence-electron chi connectivity index (χ2n) is 6.05. The fraction of sp³-hybridized carbons (Fsp3) is 0.562. The van der Waals surface area contributed by atoms with Crippen LogP contribution >= 0.6 is 11.8 Å². The van der Waals surface area contributed by atoms with E-state index in [1.54, 1.807) is 23.1 Å². The molecule has 0 aliphatic carbocycles. The molecule has 0 radical (unpaired) electrons. The standard InChI is InChI=1S/C16H22N2O3S2/c1-17(14-6-10-22-11-7-14)16(19)13-4-2-5-15(12-13)23(20,21)18-8-3-9-18/h2,4-5,12,14H,3,6-11H2,1H3. The third kappa shape index (κ3) is 3.41. The van der Waals surface area contributed by atoms with Crippen molar-refractivity contribution in [2.75, 3.05) is 31.6 Å². The van der Waals surface area contributed by atoms with Crippen LogP contribution in [0.5, 0.6) is 0 Å². The molecule has 1 aromatic carbocycles. The first-order chi connectivity index (χ1) is 11.0. The Hall–Kier alpha value is -1.05. The number of rotatable bonds is 4. The molecule has 5 nitrogen and oxygen atoms in total. The van der Waals surface area contributed by atoms with Crippen LogP contribution in [0.1, 0.15) is 29.6 Å². The lowest BCUT2D eigenvalue weighted by Gasteiger charge is -2.31. The topological polar surface area (TPSA) is 57.7 Å². The lowest BCUT2D eigenvalue weighted by Crippen LogP contribution is -2.42. The van der Waals surface area contributed by atoms with Crippen molar-refractivity contribution in [3.05, 3.63) is 29.8 Å². The van der Waals surface area contributed by atoms with E-state index < -0.39 is 10.0 Å². The summed E-state index contributed by atoms with van der Waals surface area (Å²) in [4.78, 5) is 14.7. The number of thioether (sulfide) groups is 1. The molecule has 2 saturated heterocycles. The van der Waals surface area contributed by atoms with Crippen molar-refractivity contribution in [3.8, 4) is 0 Å². The molecule has 0 spiro atoms. The van der Waals surface area contributed by atoms with Gasteiger partial charge < -0.3 is 4.90 Å². The molecule has 2 aliphatic heterocycles. The zero-order chi connectivity index (χ0) is 16.4. The molecule has 0 N–H and O–H groups in total. The summed E-state index contributed by atoms with van der Waals surface area (Å²) in [6.45, 7) is 1.14. The van der Waals surface area contributed by atoms with Gasteiger partial charge in [-0.2, -0.15) is 16.1 Å². The second kappa shape index (κ2) is 6.83. The van der Waals surface area contributed by atoms with Crippen LogP contribution in [0.25, 0.3) is 0 Å². The lowest BCUT2D eigenvalue weighted by atomic mass is 10.1. The predicted molar refractivity (Wildman–Crippen MR) is 92.3 cm³/mol. The van der Waals surface area contributed by atoms with Crippen LogP contribution in [0.2, 0.25) is 0 Å². The summed E-state index contributed by atoms with van der Waals surface area (Å²) < 4.78 is 26.4. The van der Waals surface area contributed by atoms with Crippen molar-refractivity contribution >= 4 is 27.7 Å². The summed E-state index contributed by atoms with van der Waals surface area (Å²) in [6.07, 6.45) is 2.90. The minimum absolute atomic E-state index is 0.0949. The lowest BCUT2D eigenvalue weighted by molar-refractivity contribution is 0.0723. The molecule has 7 heteroatoms. The van der Waals surface area contributed by atoms with E-state index in [-0.39, 0.29) is 16.8 Å². The molecule has 0 aromatic heterocycles. The number of benzene rings is 1. The van der Waals surface area contributed by atoms with Crippen LogP contribution in [0.15, 0.2) is 29.2 Å². The first-order valence-corrected chi connectivity index (χ1v) is 10.5. The molecular weight excluding hydrogens is 332 g/mol. The summed E-state index contributed by atoms with van der Waals surface area (Å²) in [7, 11) is -1.63. The molecular formula is C16H22N2O3S2. The van der Waals surface area contributed by atoms with E-state index in [1.807, 2.05) is 18.8 Å². The third-order valence-corrected chi connectivity index (χ3v) is 7.54. The molecule has 126 valence electrons.